The van der Waals surface area contributed by atoms with Gasteiger partial charge >= 0.3 is 12.1 Å². The van der Waals surface area contributed by atoms with Crippen molar-refractivity contribution in [3.05, 3.63) is 0 Å². The molecule has 0 aromatic carbocycles. The summed E-state index contributed by atoms with van der Waals surface area (Å²) in [5.74, 6) is -0.926. The van der Waals surface area contributed by atoms with Gasteiger partial charge in [-0.25, -0.2) is 4.79 Å². The van der Waals surface area contributed by atoms with Crippen LogP contribution in [0.5, 0.6) is 0 Å². The molecule has 7 heteroatoms. The molecule has 1 atom stereocenters. The monoisotopic (exact) mass is 271 g/mol. The highest BCUT2D eigenvalue weighted by molar-refractivity contribution is 5.75. The van der Waals surface area contributed by atoms with Gasteiger partial charge in [0.25, 0.3) is 0 Å². The molecule has 2 rings (SSSR count). The van der Waals surface area contributed by atoms with Crippen LogP contribution in [0.4, 0.5) is 4.79 Å². The van der Waals surface area contributed by atoms with Gasteiger partial charge in [0, 0.05) is 19.1 Å². The van der Waals surface area contributed by atoms with E-state index in [4.69, 9.17) is 5.11 Å². The molecule has 0 spiro atoms. The zero-order chi connectivity index (χ0) is 14.0. The minimum atomic E-state index is -1.03. The fourth-order valence-electron chi connectivity index (χ4n) is 2.95. The predicted molar refractivity (Wildman–Crippen MR) is 68.2 cm³/mol. The highest BCUT2D eigenvalue weighted by Gasteiger charge is 2.38. The van der Waals surface area contributed by atoms with E-state index in [0.717, 1.165) is 25.9 Å². The Labute approximate surface area is 112 Å². The van der Waals surface area contributed by atoms with Gasteiger partial charge < -0.3 is 20.0 Å². The van der Waals surface area contributed by atoms with Crippen LogP contribution in [0.25, 0.3) is 0 Å². The van der Waals surface area contributed by atoms with Gasteiger partial charge in [0.2, 0.25) is 0 Å². The Balaban J connectivity index is 2.03. The van der Waals surface area contributed by atoms with Crippen molar-refractivity contribution < 1.29 is 19.8 Å². The first-order valence-corrected chi connectivity index (χ1v) is 6.64. The Morgan fingerprint density at radius 1 is 1.05 bits per heavy atom. The molecule has 7 nitrogen and oxygen atoms in total. The van der Waals surface area contributed by atoms with Crippen molar-refractivity contribution in [1.29, 1.82) is 0 Å². The number of likely N-dealkylation sites (tertiary alicyclic amines) is 1. The number of aliphatic carboxylic acids is 1. The Morgan fingerprint density at radius 2 is 1.68 bits per heavy atom. The van der Waals surface area contributed by atoms with Crippen LogP contribution in [0, 0.1) is 0 Å². The SMILES string of the molecule is CN1CCC(N2CCN(C(=O)O)CC2C(=O)O)CC1. The van der Waals surface area contributed by atoms with Crippen molar-refractivity contribution in [2.45, 2.75) is 24.9 Å². The van der Waals surface area contributed by atoms with Crippen LogP contribution in [0.3, 0.4) is 0 Å². The second kappa shape index (κ2) is 5.75. The molecule has 19 heavy (non-hydrogen) atoms. The quantitative estimate of drug-likeness (QED) is 0.725. The molecule has 108 valence electrons. The van der Waals surface area contributed by atoms with Crippen molar-refractivity contribution in [1.82, 2.24) is 14.7 Å². The van der Waals surface area contributed by atoms with Gasteiger partial charge in [0.15, 0.2) is 0 Å². The molecule has 0 aliphatic carbocycles. The van der Waals surface area contributed by atoms with Gasteiger partial charge in [-0.1, -0.05) is 0 Å². The summed E-state index contributed by atoms with van der Waals surface area (Å²) in [4.78, 5) is 27.7. The third-order valence-corrected chi connectivity index (χ3v) is 4.13. The van der Waals surface area contributed by atoms with Crippen molar-refractivity contribution in [2.75, 3.05) is 39.8 Å². The van der Waals surface area contributed by atoms with E-state index in [0.29, 0.717) is 13.1 Å². The maximum Gasteiger partial charge on any atom is 0.407 e. The molecule has 2 saturated heterocycles. The number of carboxylic acids is 1. The third kappa shape index (κ3) is 3.16. The Hall–Kier alpha value is -1.34. The zero-order valence-corrected chi connectivity index (χ0v) is 11.2. The van der Waals surface area contributed by atoms with Crippen LogP contribution >= 0.6 is 0 Å². The van der Waals surface area contributed by atoms with Gasteiger partial charge in [-0.15, -0.1) is 0 Å². The molecule has 0 aromatic heterocycles. The number of carboxylic acid groups (broad SMARTS) is 2. The van der Waals surface area contributed by atoms with Gasteiger partial charge in [-0.3, -0.25) is 9.69 Å². The van der Waals surface area contributed by atoms with E-state index in [1.165, 1.54) is 4.90 Å². The van der Waals surface area contributed by atoms with E-state index in [1.807, 2.05) is 4.90 Å². The maximum absolute atomic E-state index is 11.4. The molecule has 2 aliphatic rings. The van der Waals surface area contributed by atoms with Crippen LogP contribution in [0.1, 0.15) is 12.8 Å². The van der Waals surface area contributed by atoms with Crippen LogP contribution in [-0.4, -0.2) is 88.8 Å². The van der Waals surface area contributed by atoms with Gasteiger partial charge in [0.05, 0.1) is 6.54 Å². The number of amides is 1. The average molecular weight is 271 g/mol. The minimum Gasteiger partial charge on any atom is -0.480 e. The summed E-state index contributed by atoms with van der Waals surface area (Å²) in [6, 6.07) is -0.452. The number of carbonyl (C=O) groups is 2. The molecule has 0 radical (unpaired) electrons. The lowest BCUT2D eigenvalue weighted by molar-refractivity contribution is -0.147. The smallest absolute Gasteiger partial charge is 0.407 e. The van der Waals surface area contributed by atoms with E-state index >= 15 is 0 Å². The Kier molecular flexibility index (Phi) is 4.26. The fraction of sp³-hybridized carbons (Fsp3) is 0.833. The van der Waals surface area contributed by atoms with E-state index < -0.39 is 18.1 Å². The standard InChI is InChI=1S/C12H21N3O4/c1-13-4-2-9(3-5-13)15-7-6-14(12(18)19)8-10(15)11(16)17/h9-10H,2-8H2,1H3,(H,16,17)(H,18,19). The summed E-state index contributed by atoms with van der Waals surface area (Å²) in [6.07, 6.45) is 0.870. The van der Waals surface area contributed by atoms with Gasteiger partial charge in [-0.05, 0) is 33.0 Å². The zero-order valence-electron chi connectivity index (χ0n) is 11.2. The molecule has 0 saturated carbocycles. The van der Waals surface area contributed by atoms with E-state index in [-0.39, 0.29) is 12.6 Å². The molecule has 1 amide bonds. The van der Waals surface area contributed by atoms with Crippen LogP contribution in [-0.2, 0) is 4.79 Å². The number of hydrogen-bond donors (Lipinski definition) is 2. The van der Waals surface area contributed by atoms with Crippen molar-refractivity contribution in [3.8, 4) is 0 Å². The van der Waals surface area contributed by atoms with E-state index in [1.54, 1.807) is 0 Å². The number of rotatable bonds is 2. The number of piperazine rings is 1. The molecular weight excluding hydrogens is 250 g/mol. The summed E-state index contributed by atoms with van der Waals surface area (Å²) in [5.41, 5.74) is 0. The van der Waals surface area contributed by atoms with Crippen LogP contribution in [0.2, 0.25) is 0 Å². The minimum absolute atomic E-state index is 0.0665. The van der Waals surface area contributed by atoms with Crippen molar-refractivity contribution in [2.24, 2.45) is 0 Å². The predicted octanol–water partition coefficient (Wildman–Crippen LogP) is -0.171. The molecule has 2 fully saturated rings. The first-order valence-electron chi connectivity index (χ1n) is 6.64. The summed E-state index contributed by atoms with van der Waals surface area (Å²) >= 11 is 0. The molecule has 2 N–H and O–H groups in total. The average Bonchev–Trinajstić information content (AvgIpc) is 2.38. The third-order valence-electron chi connectivity index (χ3n) is 4.13. The first-order chi connectivity index (χ1) is 8.99. The second-order valence-electron chi connectivity index (χ2n) is 5.35. The lowest BCUT2D eigenvalue weighted by Gasteiger charge is -2.44. The summed E-state index contributed by atoms with van der Waals surface area (Å²) in [7, 11) is 2.06. The van der Waals surface area contributed by atoms with E-state index in [2.05, 4.69) is 11.9 Å². The van der Waals surface area contributed by atoms with Crippen LogP contribution in [0.15, 0.2) is 0 Å². The summed E-state index contributed by atoms with van der Waals surface area (Å²) in [5, 5.41) is 18.3. The van der Waals surface area contributed by atoms with Gasteiger partial charge in [-0.2, -0.15) is 0 Å². The molecule has 1 unspecified atom stereocenters. The molecule has 0 bridgehead atoms. The van der Waals surface area contributed by atoms with E-state index in [9.17, 15) is 14.7 Å². The number of nitrogens with zero attached hydrogens (tertiary/aromatic N) is 3. The molecule has 2 heterocycles. The topological polar surface area (TPSA) is 84.3 Å². The Bertz CT molecular complexity index is 355. The molecular formula is C12H21N3O4. The fourth-order valence-corrected chi connectivity index (χ4v) is 2.95. The van der Waals surface area contributed by atoms with Crippen molar-refractivity contribution >= 4 is 12.1 Å². The van der Waals surface area contributed by atoms with Crippen molar-refractivity contribution in [3.63, 3.8) is 0 Å². The normalized spacial score (nSPS) is 27.4. The summed E-state index contributed by atoms with van der Waals surface area (Å²) < 4.78 is 0. The lowest BCUT2D eigenvalue weighted by Crippen LogP contribution is -2.61. The highest BCUT2D eigenvalue weighted by atomic mass is 16.4. The number of piperidine rings is 1. The highest BCUT2D eigenvalue weighted by Crippen LogP contribution is 2.21. The molecule has 2 aliphatic heterocycles. The number of hydrogen-bond acceptors (Lipinski definition) is 4. The van der Waals surface area contributed by atoms with Gasteiger partial charge in [0.1, 0.15) is 6.04 Å². The Morgan fingerprint density at radius 3 is 2.21 bits per heavy atom. The second-order valence-corrected chi connectivity index (χ2v) is 5.35. The summed E-state index contributed by atoms with van der Waals surface area (Å²) in [6.45, 7) is 2.91. The van der Waals surface area contributed by atoms with Crippen LogP contribution < -0.4 is 0 Å². The lowest BCUT2D eigenvalue weighted by atomic mass is 9.99. The largest absolute Gasteiger partial charge is 0.480 e. The maximum atomic E-state index is 11.4. The first kappa shape index (κ1) is 14.1. The molecule has 0 aromatic rings.